The van der Waals surface area contributed by atoms with Crippen molar-refractivity contribution in [2.45, 2.75) is 44.7 Å². The number of allylic oxidation sites excluding steroid dienone is 1. The number of para-hydroxylation sites is 2. The molecule has 4 aromatic carbocycles. The van der Waals surface area contributed by atoms with E-state index in [2.05, 4.69) is 4.98 Å². The third-order valence-electron chi connectivity index (χ3n) is 8.47. The molecule has 2 N–H and O–H groups in total. The molecule has 0 bridgehead atoms. The number of carboxylic acid groups (broad SMARTS) is 2. The number of fused-ring (bicyclic) bond motifs is 2. The zero-order chi connectivity index (χ0) is 34.2. The van der Waals surface area contributed by atoms with Gasteiger partial charge < -0.3 is 24.3 Å². The predicted molar refractivity (Wildman–Crippen MR) is 180 cm³/mol. The summed E-state index contributed by atoms with van der Waals surface area (Å²) in [4.78, 5) is 55.8. The van der Waals surface area contributed by atoms with Crippen LogP contribution in [0.4, 0.5) is 0 Å². The number of carboxylic acids is 2. The summed E-state index contributed by atoms with van der Waals surface area (Å²) in [6.07, 6.45) is 2.95. The second-order valence-electron chi connectivity index (χ2n) is 11.7. The molecule has 0 saturated heterocycles. The molecule has 5 aromatic rings. The molecule has 0 saturated carbocycles. The minimum Gasteiger partial charge on any atom is -0.481 e. The minimum absolute atomic E-state index is 0.163. The van der Waals surface area contributed by atoms with Gasteiger partial charge in [-0.15, -0.1) is 0 Å². The Bertz CT molecular complexity index is 1930. The van der Waals surface area contributed by atoms with Crippen LogP contribution in [0.25, 0.3) is 27.9 Å². The van der Waals surface area contributed by atoms with Gasteiger partial charge in [0.25, 0.3) is 0 Å². The highest BCUT2D eigenvalue weighted by molar-refractivity contribution is 5.89. The van der Waals surface area contributed by atoms with E-state index in [4.69, 9.17) is 9.15 Å². The fourth-order valence-electron chi connectivity index (χ4n) is 5.87. The third kappa shape index (κ3) is 8.14. The molecule has 0 unspecified atom stereocenters. The van der Waals surface area contributed by atoms with Crippen molar-refractivity contribution in [1.82, 2.24) is 9.88 Å². The van der Waals surface area contributed by atoms with E-state index in [1.807, 2.05) is 91.9 Å². The molecule has 48 heavy (non-hydrogen) atoms. The number of carbonyl (C=O) groups excluding carboxylic acids is 2. The van der Waals surface area contributed by atoms with Crippen LogP contribution < -0.4 is 0 Å². The zero-order valence-corrected chi connectivity index (χ0v) is 26.6. The Balaban J connectivity index is 1.51. The van der Waals surface area contributed by atoms with E-state index in [1.165, 1.54) is 7.11 Å². The van der Waals surface area contributed by atoms with Gasteiger partial charge in [-0.1, -0.05) is 66.7 Å². The maximum atomic E-state index is 14.0. The minimum atomic E-state index is -1.39. The Morgan fingerprint density at radius 3 is 2.29 bits per heavy atom. The number of nitrogens with zero attached hydrogens (tertiary/aromatic N) is 2. The lowest BCUT2D eigenvalue weighted by molar-refractivity contribution is -0.151. The van der Waals surface area contributed by atoms with Crippen LogP contribution in [0, 0.1) is 5.92 Å². The lowest BCUT2D eigenvalue weighted by Crippen LogP contribution is -2.43. The van der Waals surface area contributed by atoms with Crippen LogP contribution in [-0.2, 0) is 25.7 Å². The first-order valence-corrected chi connectivity index (χ1v) is 15.5. The van der Waals surface area contributed by atoms with Crippen LogP contribution in [0.5, 0.6) is 0 Å². The molecule has 0 aliphatic rings. The highest BCUT2D eigenvalue weighted by Crippen LogP contribution is 2.31. The van der Waals surface area contributed by atoms with Gasteiger partial charge in [0.2, 0.25) is 11.8 Å². The zero-order valence-electron chi connectivity index (χ0n) is 26.6. The van der Waals surface area contributed by atoms with Crippen LogP contribution in [0.3, 0.4) is 0 Å². The Morgan fingerprint density at radius 1 is 0.896 bits per heavy atom. The van der Waals surface area contributed by atoms with E-state index in [0.29, 0.717) is 23.5 Å². The molecular weight excluding hydrogens is 612 g/mol. The summed E-state index contributed by atoms with van der Waals surface area (Å²) in [6, 6.07) is 27.6. The van der Waals surface area contributed by atoms with Crippen molar-refractivity contribution >= 4 is 51.8 Å². The van der Waals surface area contributed by atoms with Gasteiger partial charge in [-0.25, -0.2) is 9.78 Å². The number of rotatable bonds is 14. The first-order chi connectivity index (χ1) is 23.1. The molecule has 3 atom stereocenters. The van der Waals surface area contributed by atoms with Crippen LogP contribution in [0.1, 0.15) is 59.5 Å². The second kappa shape index (κ2) is 15.2. The monoisotopic (exact) mass is 648 g/mol. The molecular formula is C38H36N2O8. The van der Waals surface area contributed by atoms with Gasteiger partial charge >= 0.3 is 17.9 Å². The van der Waals surface area contributed by atoms with E-state index in [-0.39, 0.29) is 12.5 Å². The number of aliphatic carboxylic acids is 2. The summed E-state index contributed by atoms with van der Waals surface area (Å²) < 4.78 is 10.7. The molecule has 10 nitrogen and oxygen atoms in total. The first kappa shape index (κ1) is 33.6. The molecule has 1 amide bonds. The Hall–Kier alpha value is -5.77. The number of oxazole rings is 1. The van der Waals surface area contributed by atoms with Gasteiger partial charge in [-0.3, -0.25) is 14.4 Å². The van der Waals surface area contributed by atoms with Gasteiger partial charge in [0.05, 0.1) is 25.0 Å². The van der Waals surface area contributed by atoms with Gasteiger partial charge in [-0.05, 0) is 71.7 Å². The molecule has 10 heteroatoms. The maximum absolute atomic E-state index is 14.0. The largest absolute Gasteiger partial charge is 0.481 e. The van der Waals surface area contributed by atoms with Gasteiger partial charge in [-0.2, -0.15) is 0 Å². The third-order valence-corrected chi connectivity index (χ3v) is 8.47. The molecule has 246 valence electrons. The lowest BCUT2D eigenvalue weighted by atomic mass is 9.87. The number of methoxy groups -OCH3 is 1. The SMILES string of the molecule is COC(=O)c1ccc([C@H](C/C=C/c2nc3ccccc3o2)[C@H](C)N(Cc2ccc3ccccc3c2)C(=O)C[C@H](CC(=O)O)C(=O)O)cc1. The van der Waals surface area contributed by atoms with E-state index in [0.717, 1.165) is 27.4 Å². The first-order valence-electron chi connectivity index (χ1n) is 15.5. The summed E-state index contributed by atoms with van der Waals surface area (Å²) in [6.45, 7) is 2.05. The normalized spacial score (nSPS) is 13.3. The van der Waals surface area contributed by atoms with Gasteiger partial charge in [0.1, 0.15) is 5.52 Å². The van der Waals surface area contributed by atoms with Gasteiger partial charge in [0.15, 0.2) is 5.58 Å². The van der Waals surface area contributed by atoms with Crippen molar-refractivity contribution in [3.63, 3.8) is 0 Å². The Kier molecular flexibility index (Phi) is 10.6. The number of ether oxygens (including phenoxy) is 1. The number of aromatic nitrogens is 1. The number of benzene rings is 4. The number of hydrogen-bond acceptors (Lipinski definition) is 7. The van der Waals surface area contributed by atoms with Crippen molar-refractivity contribution in [3.8, 4) is 0 Å². The number of amides is 1. The van der Waals surface area contributed by atoms with E-state index < -0.39 is 48.6 Å². The Morgan fingerprint density at radius 2 is 1.60 bits per heavy atom. The topological polar surface area (TPSA) is 147 Å². The summed E-state index contributed by atoms with van der Waals surface area (Å²) >= 11 is 0. The summed E-state index contributed by atoms with van der Waals surface area (Å²) in [5.41, 5.74) is 3.41. The predicted octanol–water partition coefficient (Wildman–Crippen LogP) is 6.94. The van der Waals surface area contributed by atoms with Gasteiger partial charge in [0, 0.05) is 24.9 Å². The number of esters is 1. The van der Waals surface area contributed by atoms with Crippen molar-refractivity contribution in [3.05, 3.63) is 120 Å². The van der Waals surface area contributed by atoms with Crippen LogP contribution >= 0.6 is 0 Å². The van der Waals surface area contributed by atoms with Crippen molar-refractivity contribution in [2.24, 2.45) is 5.92 Å². The highest BCUT2D eigenvalue weighted by atomic mass is 16.5. The standard InChI is InChI=1S/C38H36N2O8/c1-24(40(35(41)21-30(37(44)45)22-36(42)43)23-25-14-15-26-8-3-4-9-29(26)20-25)31(27-16-18-28(19-17-27)38(46)47-2)10-7-13-34-39-32-11-5-6-12-33(32)48-34/h3-9,11-20,24,30-31H,10,21-23H2,1-2H3,(H,42,43)(H,44,45)/b13-7+/t24-,30+,31+/m0/s1. The molecule has 0 radical (unpaired) electrons. The summed E-state index contributed by atoms with van der Waals surface area (Å²) in [7, 11) is 1.31. The van der Waals surface area contributed by atoms with E-state index in [9.17, 15) is 29.4 Å². The molecule has 0 aliphatic carbocycles. The average molecular weight is 649 g/mol. The maximum Gasteiger partial charge on any atom is 0.337 e. The van der Waals surface area contributed by atoms with E-state index >= 15 is 0 Å². The van der Waals surface area contributed by atoms with Crippen molar-refractivity contribution in [1.29, 1.82) is 0 Å². The smallest absolute Gasteiger partial charge is 0.337 e. The average Bonchev–Trinajstić information content (AvgIpc) is 3.51. The van der Waals surface area contributed by atoms with Crippen LogP contribution in [0.2, 0.25) is 0 Å². The fraction of sp³-hybridized carbons (Fsp3) is 0.237. The number of hydrogen-bond donors (Lipinski definition) is 2. The second-order valence-corrected chi connectivity index (χ2v) is 11.7. The van der Waals surface area contributed by atoms with Crippen molar-refractivity contribution in [2.75, 3.05) is 7.11 Å². The van der Waals surface area contributed by atoms with Crippen LogP contribution in [-0.4, -0.2) is 57.1 Å². The molecule has 0 aliphatic heterocycles. The number of carbonyl (C=O) groups is 4. The van der Waals surface area contributed by atoms with Crippen LogP contribution in [0.15, 0.2) is 101 Å². The summed E-state index contributed by atoms with van der Waals surface area (Å²) in [5.74, 6) is -4.90. The highest BCUT2D eigenvalue weighted by Gasteiger charge is 2.32. The molecule has 0 spiro atoms. The molecule has 5 rings (SSSR count). The lowest BCUT2D eigenvalue weighted by Gasteiger charge is -2.36. The Labute approximate surface area is 277 Å². The molecule has 0 fully saturated rings. The fourth-order valence-corrected chi connectivity index (χ4v) is 5.87. The van der Waals surface area contributed by atoms with E-state index in [1.54, 1.807) is 23.1 Å². The quantitative estimate of drug-likeness (QED) is 0.122. The molecule has 1 heterocycles. The molecule has 1 aromatic heterocycles. The summed E-state index contributed by atoms with van der Waals surface area (Å²) in [5, 5.41) is 21.1. The van der Waals surface area contributed by atoms with Crippen molar-refractivity contribution < 1.29 is 38.5 Å².